The normalized spacial score (nSPS) is 14.8. The van der Waals surface area contributed by atoms with Crippen LogP contribution in [-0.4, -0.2) is 0 Å². The molecule has 51 heavy (non-hydrogen) atoms. The minimum atomic E-state index is -0.433. The molecule has 0 saturated carbocycles. The highest BCUT2D eigenvalue weighted by molar-refractivity contribution is 6.27. The summed E-state index contributed by atoms with van der Waals surface area (Å²) in [5, 5.41) is 7.80. The van der Waals surface area contributed by atoms with Crippen molar-refractivity contribution in [2.24, 2.45) is 0 Å². The quantitative estimate of drug-likeness (QED) is 0.171. The van der Waals surface area contributed by atoms with Crippen molar-refractivity contribution in [3.8, 4) is 67.1 Å². The van der Waals surface area contributed by atoms with Gasteiger partial charge in [-0.2, -0.15) is 0 Å². The first-order valence-electron chi connectivity index (χ1n) is 21.8. The molecule has 0 radical (unpaired) electrons. The van der Waals surface area contributed by atoms with Crippen molar-refractivity contribution in [3.63, 3.8) is 0 Å². The third-order valence-electron chi connectivity index (χ3n) is 10.2. The van der Waals surface area contributed by atoms with Crippen molar-refractivity contribution in [3.05, 3.63) is 182 Å². The molecular weight excluding hydrogens is 617 g/mol. The van der Waals surface area contributed by atoms with Gasteiger partial charge >= 0.3 is 0 Å². The highest BCUT2D eigenvalue weighted by Gasteiger charge is 2.22. The Morgan fingerprint density at radius 2 is 0.922 bits per heavy atom. The number of fused-ring (bicyclic) bond motifs is 2. The van der Waals surface area contributed by atoms with Gasteiger partial charge in [-0.25, -0.2) is 0 Å². The van der Waals surface area contributed by atoms with Gasteiger partial charge in [-0.05, 0) is 118 Å². The van der Waals surface area contributed by atoms with Crippen LogP contribution in [0.1, 0.15) is 13.7 Å². The maximum absolute atomic E-state index is 8.71. The van der Waals surface area contributed by atoms with Crippen molar-refractivity contribution in [1.82, 2.24) is 0 Å². The van der Waals surface area contributed by atoms with E-state index in [0.717, 1.165) is 76.5 Å². The molecule has 0 N–H and O–H groups in total. The zero-order valence-corrected chi connectivity index (χ0v) is 27.0. The smallest absolute Gasteiger partial charge is 0.135 e. The zero-order valence-electron chi connectivity index (χ0n) is 37.0. The van der Waals surface area contributed by atoms with Gasteiger partial charge < -0.3 is 4.74 Å². The standard InChI is InChI=1S/C50H30O/c1-3-8-31(9-4-1)37-22-27-46-44(29-37)45-30-39(28-38-12-7-13-47(51-46)48(38)45)32-14-16-34(17-15-32)41-24-19-36-20-25-42-40(33-10-5-2-6-11-33)23-18-35-21-26-43(41)50(36)49(35)42/h1-30H/i1D,2D,3D,4D,5D,6D,8D,9D,10D,11D. The van der Waals surface area contributed by atoms with Crippen LogP contribution in [0.5, 0.6) is 11.5 Å². The van der Waals surface area contributed by atoms with Gasteiger partial charge in [0.15, 0.2) is 0 Å². The SMILES string of the molecule is [2H]c1c([2H])c([2H])c(-c2ccc3c(c2)-c2cc(-c4ccc(-c5ccc6ccc7c(-c8c([2H])c([2H])c([2H])c([2H])c8[2H])ccc8ccc5c6c87)cc4)cc4cccc(c24)O3)c([2H])c1[2H]. The second kappa shape index (κ2) is 10.9. The van der Waals surface area contributed by atoms with Crippen molar-refractivity contribution in [1.29, 1.82) is 0 Å². The lowest BCUT2D eigenvalue weighted by molar-refractivity contribution is 0.487. The fourth-order valence-electron chi connectivity index (χ4n) is 7.85. The van der Waals surface area contributed by atoms with Gasteiger partial charge in [0, 0.05) is 10.9 Å². The Hall–Kier alpha value is -6.70. The van der Waals surface area contributed by atoms with Crippen LogP contribution in [0, 0.1) is 0 Å². The van der Waals surface area contributed by atoms with Crippen molar-refractivity contribution in [2.75, 3.05) is 0 Å². The van der Waals surface area contributed by atoms with Crippen LogP contribution in [0.15, 0.2) is 182 Å². The number of benzene rings is 10. The maximum Gasteiger partial charge on any atom is 0.135 e. The van der Waals surface area contributed by atoms with E-state index in [0.29, 0.717) is 22.6 Å². The third-order valence-corrected chi connectivity index (χ3v) is 10.2. The molecule has 1 heterocycles. The Kier molecular flexibility index (Phi) is 4.29. The largest absolute Gasteiger partial charge is 0.456 e. The van der Waals surface area contributed by atoms with E-state index in [1.807, 2.05) is 48.5 Å². The molecule has 1 aliphatic heterocycles. The average molecular weight is 657 g/mol. The van der Waals surface area contributed by atoms with Gasteiger partial charge in [0.2, 0.25) is 0 Å². The van der Waals surface area contributed by atoms with E-state index >= 15 is 0 Å². The predicted molar refractivity (Wildman–Crippen MR) is 215 cm³/mol. The summed E-state index contributed by atoms with van der Waals surface area (Å²) in [4.78, 5) is 0. The van der Waals surface area contributed by atoms with E-state index in [-0.39, 0.29) is 59.5 Å². The lowest BCUT2D eigenvalue weighted by atomic mass is 9.87. The number of hydrogen-bond acceptors (Lipinski definition) is 1. The first-order chi connectivity index (χ1) is 29.4. The predicted octanol–water partition coefficient (Wildman–Crippen LogP) is 14.2. The Labute approximate surface area is 310 Å². The maximum atomic E-state index is 8.71. The fourth-order valence-corrected chi connectivity index (χ4v) is 7.85. The van der Waals surface area contributed by atoms with E-state index in [2.05, 4.69) is 60.7 Å². The summed E-state index contributed by atoms with van der Waals surface area (Å²) in [6, 6.07) is 36.9. The van der Waals surface area contributed by atoms with Crippen LogP contribution in [0.25, 0.3) is 98.7 Å². The Balaban J connectivity index is 1.03. The highest BCUT2D eigenvalue weighted by atomic mass is 16.5. The second-order valence-corrected chi connectivity index (χ2v) is 12.9. The molecule has 1 heteroatoms. The van der Waals surface area contributed by atoms with Crippen LogP contribution in [0.3, 0.4) is 0 Å². The lowest BCUT2D eigenvalue weighted by Gasteiger charge is -2.23. The van der Waals surface area contributed by atoms with E-state index < -0.39 is 12.1 Å². The molecule has 236 valence electrons. The van der Waals surface area contributed by atoms with Crippen molar-refractivity contribution < 1.29 is 18.4 Å². The first-order valence-corrected chi connectivity index (χ1v) is 16.8. The first kappa shape index (κ1) is 20.1. The van der Waals surface area contributed by atoms with Crippen LogP contribution in [0.2, 0.25) is 0 Å². The molecule has 10 aromatic carbocycles. The number of rotatable bonds is 4. The number of ether oxygens (including phenoxy) is 1. The minimum Gasteiger partial charge on any atom is -0.456 e. The van der Waals surface area contributed by atoms with Crippen LogP contribution >= 0.6 is 0 Å². The van der Waals surface area contributed by atoms with Crippen molar-refractivity contribution in [2.45, 2.75) is 0 Å². The third kappa shape index (κ3) is 4.35. The van der Waals surface area contributed by atoms with Gasteiger partial charge in [-0.3, -0.25) is 0 Å². The molecule has 0 fully saturated rings. The Bertz CT molecular complexity index is 3500. The summed E-state index contributed by atoms with van der Waals surface area (Å²) >= 11 is 0. The van der Waals surface area contributed by atoms with Gasteiger partial charge in [0.1, 0.15) is 11.5 Å². The monoisotopic (exact) mass is 656 g/mol. The summed E-state index contributed by atoms with van der Waals surface area (Å²) in [6.45, 7) is 0. The second-order valence-electron chi connectivity index (χ2n) is 12.9. The molecule has 11 rings (SSSR count). The molecule has 10 aromatic rings. The highest BCUT2D eigenvalue weighted by Crippen LogP contribution is 2.49. The van der Waals surface area contributed by atoms with Gasteiger partial charge in [-0.15, -0.1) is 0 Å². The molecule has 0 unspecified atom stereocenters. The van der Waals surface area contributed by atoms with E-state index in [4.69, 9.17) is 18.4 Å². The van der Waals surface area contributed by atoms with Crippen LogP contribution in [-0.2, 0) is 0 Å². The fraction of sp³-hybridized carbons (Fsp3) is 0. The molecule has 0 aliphatic carbocycles. The zero-order chi connectivity index (χ0) is 42.2. The van der Waals surface area contributed by atoms with E-state index in [1.165, 1.54) is 0 Å². The van der Waals surface area contributed by atoms with Crippen LogP contribution < -0.4 is 4.74 Å². The van der Waals surface area contributed by atoms with E-state index in [9.17, 15) is 0 Å². The molecule has 0 spiro atoms. The van der Waals surface area contributed by atoms with E-state index in [1.54, 1.807) is 12.1 Å². The molecule has 1 nitrogen and oxygen atoms in total. The summed E-state index contributed by atoms with van der Waals surface area (Å²) < 4.78 is 90.3. The molecule has 0 saturated heterocycles. The summed E-state index contributed by atoms with van der Waals surface area (Å²) in [5.74, 6) is 1.32. The lowest BCUT2D eigenvalue weighted by Crippen LogP contribution is -1.98. The van der Waals surface area contributed by atoms with Crippen LogP contribution in [0.4, 0.5) is 0 Å². The topological polar surface area (TPSA) is 9.23 Å². The Morgan fingerprint density at radius 3 is 1.63 bits per heavy atom. The van der Waals surface area contributed by atoms with Gasteiger partial charge in [-0.1, -0.05) is 151 Å². The molecule has 1 aliphatic rings. The van der Waals surface area contributed by atoms with Gasteiger partial charge in [0.05, 0.1) is 13.7 Å². The minimum absolute atomic E-state index is 0.136. The van der Waals surface area contributed by atoms with Crippen molar-refractivity contribution >= 4 is 43.1 Å². The molecule has 0 amide bonds. The number of hydrogen-bond donors (Lipinski definition) is 0. The molecule has 0 bridgehead atoms. The molecule has 0 aromatic heterocycles. The molecule has 0 atom stereocenters. The van der Waals surface area contributed by atoms with Gasteiger partial charge in [0.25, 0.3) is 0 Å². The average Bonchev–Trinajstić information content (AvgIpc) is 3.28. The molecular formula is C50H30O. The Morgan fingerprint density at radius 1 is 0.333 bits per heavy atom. The summed E-state index contributed by atoms with van der Waals surface area (Å²) in [7, 11) is 0. The summed E-state index contributed by atoms with van der Waals surface area (Å²) in [6.07, 6.45) is 0. The summed E-state index contributed by atoms with van der Waals surface area (Å²) in [5.41, 5.74) is 7.10.